The molecule has 1 atom stereocenters. The zero-order valence-electron chi connectivity index (χ0n) is 16.8. The molecule has 0 aromatic heterocycles. The summed E-state index contributed by atoms with van der Waals surface area (Å²) in [5, 5.41) is 0. The van der Waals surface area contributed by atoms with Gasteiger partial charge in [0.25, 0.3) is 0 Å². The van der Waals surface area contributed by atoms with Gasteiger partial charge < -0.3 is 14.4 Å². The van der Waals surface area contributed by atoms with E-state index in [0.29, 0.717) is 13.2 Å². The van der Waals surface area contributed by atoms with Gasteiger partial charge in [-0.15, -0.1) is 0 Å². The van der Waals surface area contributed by atoms with Crippen molar-refractivity contribution in [1.82, 2.24) is 4.90 Å². The molecule has 150 valence electrons. The second-order valence-electron chi connectivity index (χ2n) is 7.09. The summed E-state index contributed by atoms with van der Waals surface area (Å²) < 4.78 is 11.0. The van der Waals surface area contributed by atoms with Crippen molar-refractivity contribution in [2.75, 3.05) is 51.3 Å². The Labute approximate surface area is 167 Å². The van der Waals surface area contributed by atoms with Crippen molar-refractivity contribution >= 4 is 11.7 Å². The van der Waals surface area contributed by atoms with Crippen LogP contribution in [0.2, 0.25) is 0 Å². The van der Waals surface area contributed by atoms with Crippen LogP contribution in [-0.2, 0) is 9.53 Å². The number of hydrogen-bond acceptors (Lipinski definition) is 5. The van der Waals surface area contributed by atoms with Crippen LogP contribution in [0.4, 0.5) is 5.69 Å². The van der Waals surface area contributed by atoms with E-state index in [9.17, 15) is 4.79 Å². The fourth-order valence-corrected chi connectivity index (χ4v) is 3.63. The summed E-state index contributed by atoms with van der Waals surface area (Å²) in [7, 11) is 1.71. The summed E-state index contributed by atoms with van der Waals surface area (Å²) in [5.41, 5.74) is 2.15. The third-order valence-electron chi connectivity index (χ3n) is 5.17. The second kappa shape index (κ2) is 10.1. The average Bonchev–Trinajstić information content (AvgIpc) is 2.76. The number of nitrogens with zero attached hydrogens (tertiary/aromatic N) is 2. The molecule has 1 fully saturated rings. The number of piperazine rings is 1. The summed E-state index contributed by atoms with van der Waals surface area (Å²) >= 11 is 0. The topological polar surface area (TPSA) is 42.0 Å². The molecule has 1 unspecified atom stereocenters. The predicted molar refractivity (Wildman–Crippen MR) is 112 cm³/mol. The number of anilines is 1. The molecule has 0 aliphatic carbocycles. The predicted octanol–water partition coefficient (Wildman–Crippen LogP) is 3.55. The normalized spacial score (nSPS) is 15.9. The van der Waals surface area contributed by atoms with Crippen molar-refractivity contribution in [2.45, 2.75) is 19.3 Å². The van der Waals surface area contributed by atoms with E-state index in [1.165, 1.54) is 0 Å². The van der Waals surface area contributed by atoms with E-state index in [2.05, 4.69) is 15.9 Å². The van der Waals surface area contributed by atoms with Crippen molar-refractivity contribution in [3.8, 4) is 5.75 Å². The van der Waals surface area contributed by atoms with Gasteiger partial charge >= 0.3 is 5.97 Å². The molecule has 0 N–H and O–H groups in total. The summed E-state index contributed by atoms with van der Waals surface area (Å²) in [6.45, 7) is 6.81. The molecule has 1 aliphatic heterocycles. The first-order valence-electron chi connectivity index (χ1n) is 10.0. The van der Waals surface area contributed by atoms with E-state index in [-0.39, 0.29) is 11.9 Å². The van der Waals surface area contributed by atoms with Gasteiger partial charge in [0, 0.05) is 32.7 Å². The number of hydrogen-bond donors (Lipinski definition) is 0. The molecule has 0 bridgehead atoms. The lowest BCUT2D eigenvalue weighted by atomic mass is 9.98. The Balaban J connectivity index is 1.64. The van der Waals surface area contributed by atoms with Crippen LogP contribution in [0.15, 0.2) is 54.6 Å². The van der Waals surface area contributed by atoms with Gasteiger partial charge in [0.05, 0.1) is 25.3 Å². The van der Waals surface area contributed by atoms with Crippen LogP contribution in [-0.4, -0.2) is 57.3 Å². The number of rotatable bonds is 8. The maximum Gasteiger partial charge on any atom is 0.314 e. The molecule has 0 amide bonds. The molecular weight excluding hydrogens is 352 g/mol. The quantitative estimate of drug-likeness (QED) is 0.653. The maximum atomic E-state index is 12.7. The highest BCUT2D eigenvalue weighted by molar-refractivity contribution is 5.78. The van der Waals surface area contributed by atoms with Crippen molar-refractivity contribution in [2.24, 2.45) is 0 Å². The lowest BCUT2D eigenvalue weighted by Crippen LogP contribution is -2.48. The lowest BCUT2D eigenvalue weighted by Gasteiger charge is -2.37. The average molecular weight is 383 g/mol. The molecule has 3 rings (SSSR count). The van der Waals surface area contributed by atoms with Crippen LogP contribution in [0.1, 0.15) is 24.8 Å². The third kappa shape index (κ3) is 5.04. The monoisotopic (exact) mass is 382 g/mol. The first kappa shape index (κ1) is 20.2. The van der Waals surface area contributed by atoms with E-state index in [0.717, 1.165) is 49.6 Å². The summed E-state index contributed by atoms with van der Waals surface area (Å²) in [5.74, 6) is 0.534. The summed E-state index contributed by atoms with van der Waals surface area (Å²) in [6.07, 6.45) is 0.838. The second-order valence-corrected chi connectivity index (χ2v) is 7.09. The van der Waals surface area contributed by atoms with E-state index < -0.39 is 0 Å². The van der Waals surface area contributed by atoms with Gasteiger partial charge in [-0.3, -0.25) is 9.69 Å². The summed E-state index contributed by atoms with van der Waals surface area (Å²) in [6, 6.07) is 18.1. The fraction of sp³-hybridized carbons (Fsp3) is 0.435. The van der Waals surface area contributed by atoms with Gasteiger partial charge in [-0.25, -0.2) is 0 Å². The number of benzene rings is 2. The van der Waals surface area contributed by atoms with Crippen LogP contribution in [0.25, 0.3) is 0 Å². The van der Waals surface area contributed by atoms with E-state index >= 15 is 0 Å². The number of methoxy groups -OCH3 is 1. The molecule has 5 nitrogen and oxygen atoms in total. The Morgan fingerprint density at radius 3 is 2.36 bits per heavy atom. The molecular formula is C23H30N2O3. The van der Waals surface area contributed by atoms with Crippen LogP contribution < -0.4 is 9.64 Å². The zero-order valence-corrected chi connectivity index (χ0v) is 16.8. The SMILES string of the molecule is CCCOC(=O)C(CN1CCN(c2ccccc2OC)CC1)c1ccccc1. The van der Waals surface area contributed by atoms with Crippen molar-refractivity contribution < 1.29 is 14.3 Å². The largest absolute Gasteiger partial charge is 0.495 e. The highest BCUT2D eigenvalue weighted by atomic mass is 16.5. The highest BCUT2D eigenvalue weighted by Crippen LogP contribution is 2.29. The van der Waals surface area contributed by atoms with E-state index in [4.69, 9.17) is 9.47 Å². The zero-order chi connectivity index (χ0) is 19.8. The Bertz CT molecular complexity index is 743. The van der Waals surface area contributed by atoms with Gasteiger partial charge in [-0.05, 0) is 24.1 Å². The molecule has 0 spiro atoms. The number of para-hydroxylation sites is 2. The summed E-state index contributed by atoms with van der Waals surface area (Å²) in [4.78, 5) is 17.4. The fourth-order valence-electron chi connectivity index (χ4n) is 3.63. The number of carbonyl (C=O) groups is 1. The van der Waals surface area contributed by atoms with Gasteiger partial charge in [-0.2, -0.15) is 0 Å². The molecule has 1 aliphatic rings. The number of carbonyl (C=O) groups excluding carboxylic acids is 1. The molecule has 0 saturated carbocycles. The molecule has 28 heavy (non-hydrogen) atoms. The van der Waals surface area contributed by atoms with Crippen molar-refractivity contribution in [3.63, 3.8) is 0 Å². The number of ether oxygens (including phenoxy) is 2. The molecule has 1 heterocycles. The van der Waals surface area contributed by atoms with Gasteiger partial charge in [0.15, 0.2) is 0 Å². The number of esters is 1. The molecule has 2 aromatic rings. The van der Waals surface area contributed by atoms with Gasteiger partial charge in [0.2, 0.25) is 0 Å². The third-order valence-corrected chi connectivity index (χ3v) is 5.17. The van der Waals surface area contributed by atoms with Crippen molar-refractivity contribution in [3.05, 3.63) is 60.2 Å². The minimum atomic E-state index is -0.245. The highest BCUT2D eigenvalue weighted by Gasteiger charge is 2.27. The Morgan fingerprint density at radius 1 is 1.00 bits per heavy atom. The maximum absolute atomic E-state index is 12.7. The minimum Gasteiger partial charge on any atom is -0.495 e. The minimum absolute atomic E-state index is 0.125. The Morgan fingerprint density at radius 2 is 1.68 bits per heavy atom. The van der Waals surface area contributed by atoms with Crippen LogP contribution in [0, 0.1) is 0 Å². The first-order chi connectivity index (χ1) is 13.7. The molecule has 5 heteroatoms. The van der Waals surface area contributed by atoms with Gasteiger partial charge in [-0.1, -0.05) is 49.4 Å². The van der Waals surface area contributed by atoms with E-state index in [1.807, 2.05) is 55.5 Å². The standard InChI is InChI=1S/C23H30N2O3/c1-3-17-28-23(26)20(19-9-5-4-6-10-19)18-24-13-15-25(16-14-24)21-11-7-8-12-22(21)27-2/h4-12,20H,3,13-18H2,1-2H3. The van der Waals surface area contributed by atoms with E-state index in [1.54, 1.807) is 7.11 Å². The first-order valence-corrected chi connectivity index (χ1v) is 10.0. The molecule has 0 radical (unpaired) electrons. The smallest absolute Gasteiger partial charge is 0.314 e. The Kier molecular flexibility index (Phi) is 7.31. The van der Waals surface area contributed by atoms with Gasteiger partial charge in [0.1, 0.15) is 5.75 Å². The molecule has 1 saturated heterocycles. The molecule has 2 aromatic carbocycles. The van der Waals surface area contributed by atoms with Crippen LogP contribution in [0.5, 0.6) is 5.75 Å². The van der Waals surface area contributed by atoms with Crippen LogP contribution in [0.3, 0.4) is 0 Å². The van der Waals surface area contributed by atoms with Crippen LogP contribution >= 0.6 is 0 Å². The lowest BCUT2D eigenvalue weighted by molar-refractivity contribution is -0.146. The van der Waals surface area contributed by atoms with Crippen molar-refractivity contribution in [1.29, 1.82) is 0 Å². The Hall–Kier alpha value is -2.53.